The van der Waals surface area contributed by atoms with Crippen molar-refractivity contribution >= 4 is 43.7 Å². The van der Waals surface area contributed by atoms with Crippen LogP contribution in [-0.2, 0) is 0 Å². The average molecular weight is 564 g/mol. The number of furan rings is 1. The van der Waals surface area contributed by atoms with Gasteiger partial charge >= 0.3 is 0 Å². The first-order valence-electron chi connectivity index (χ1n) is 14.8. The summed E-state index contributed by atoms with van der Waals surface area (Å²) < 4.78 is 8.63. The van der Waals surface area contributed by atoms with Crippen molar-refractivity contribution in [3.8, 4) is 39.6 Å². The van der Waals surface area contributed by atoms with Crippen molar-refractivity contribution in [3.05, 3.63) is 152 Å². The maximum absolute atomic E-state index is 6.39. The van der Waals surface area contributed by atoms with Crippen molar-refractivity contribution < 1.29 is 4.42 Å². The number of hydrogen-bond donors (Lipinski definition) is 0. The summed E-state index contributed by atoms with van der Waals surface area (Å²) >= 11 is 0. The van der Waals surface area contributed by atoms with Crippen LogP contribution in [0.15, 0.2) is 156 Å². The van der Waals surface area contributed by atoms with Crippen molar-refractivity contribution in [3.63, 3.8) is 0 Å². The first-order valence-corrected chi connectivity index (χ1v) is 14.8. The molecule has 0 fully saturated rings. The first kappa shape index (κ1) is 24.6. The highest BCUT2D eigenvalue weighted by Gasteiger charge is 2.23. The summed E-state index contributed by atoms with van der Waals surface area (Å²) in [5.41, 5.74) is 9.93. The largest absolute Gasteiger partial charge is 0.456 e. The summed E-state index contributed by atoms with van der Waals surface area (Å²) in [6.45, 7) is 0. The van der Waals surface area contributed by atoms with Crippen LogP contribution in [0.25, 0.3) is 83.3 Å². The molecule has 0 bridgehead atoms. The van der Waals surface area contributed by atoms with Gasteiger partial charge in [0.2, 0.25) is 5.95 Å². The highest BCUT2D eigenvalue weighted by Crippen LogP contribution is 2.43. The lowest BCUT2D eigenvalue weighted by molar-refractivity contribution is 0.669. The molecule has 0 radical (unpaired) electrons. The predicted molar refractivity (Wildman–Crippen MR) is 180 cm³/mol. The van der Waals surface area contributed by atoms with Gasteiger partial charge < -0.3 is 4.42 Å². The molecular weight excluding hydrogens is 538 g/mol. The van der Waals surface area contributed by atoms with Crippen molar-refractivity contribution in [1.29, 1.82) is 0 Å². The van der Waals surface area contributed by atoms with E-state index in [2.05, 4.69) is 108 Å². The Morgan fingerprint density at radius 1 is 0.455 bits per heavy atom. The average Bonchev–Trinajstić information content (AvgIpc) is 3.65. The highest BCUT2D eigenvalue weighted by molar-refractivity contribution is 6.26. The van der Waals surface area contributed by atoms with Crippen LogP contribution in [0, 0.1) is 0 Å². The molecule has 0 spiro atoms. The second-order valence-electron chi connectivity index (χ2n) is 11.0. The Morgan fingerprint density at radius 3 is 1.75 bits per heavy atom. The van der Waals surface area contributed by atoms with E-state index in [0.29, 0.717) is 5.95 Å². The third-order valence-corrected chi connectivity index (χ3v) is 8.43. The summed E-state index contributed by atoms with van der Waals surface area (Å²) in [4.78, 5) is 10.5. The number of aromatic nitrogens is 3. The lowest BCUT2D eigenvalue weighted by Gasteiger charge is -2.12. The Kier molecular flexibility index (Phi) is 5.47. The van der Waals surface area contributed by atoms with E-state index in [1.54, 1.807) is 0 Å². The SMILES string of the molecule is c1ccc(-c2cc(-c3ccccc3)nc(-n3c4cccc(-c5ccccc5)c4c4ccc5oc6ccccc6c5c43)n2)cc1. The Bertz CT molecular complexity index is 2420. The summed E-state index contributed by atoms with van der Waals surface area (Å²) in [5.74, 6) is 0.619. The molecule has 6 aromatic carbocycles. The molecule has 0 saturated heterocycles. The fourth-order valence-corrected chi connectivity index (χ4v) is 6.48. The molecule has 4 heteroatoms. The van der Waals surface area contributed by atoms with Gasteiger partial charge in [-0.2, -0.15) is 0 Å². The lowest BCUT2D eigenvalue weighted by Crippen LogP contribution is -2.04. The molecular formula is C40H25N3O. The quantitative estimate of drug-likeness (QED) is 0.214. The second-order valence-corrected chi connectivity index (χ2v) is 11.0. The van der Waals surface area contributed by atoms with Crippen LogP contribution in [0.1, 0.15) is 0 Å². The second kappa shape index (κ2) is 9.79. The number of nitrogens with zero attached hydrogens (tertiary/aromatic N) is 3. The Hall–Kier alpha value is -6.00. The molecule has 3 aromatic heterocycles. The summed E-state index contributed by atoms with van der Waals surface area (Å²) in [7, 11) is 0. The molecule has 3 heterocycles. The fourth-order valence-electron chi connectivity index (χ4n) is 6.48. The standard InChI is InChI=1S/C40H25N3O/c1-4-13-26(14-5-1)29-20-12-21-34-37(29)31-23-24-36-38(30-19-10-11-22-35(30)44-36)39(31)43(34)40-41-32(27-15-6-2-7-16-27)25-33(42-40)28-17-8-3-9-18-28/h1-25H. The molecule has 0 aliphatic carbocycles. The topological polar surface area (TPSA) is 43.9 Å². The zero-order valence-corrected chi connectivity index (χ0v) is 23.7. The molecule has 0 atom stereocenters. The molecule has 44 heavy (non-hydrogen) atoms. The normalized spacial score (nSPS) is 11.6. The molecule has 0 aliphatic heterocycles. The van der Waals surface area contributed by atoms with E-state index in [1.165, 1.54) is 11.1 Å². The van der Waals surface area contributed by atoms with Crippen LogP contribution >= 0.6 is 0 Å². The van der Waals surface area contributed by atoms with Gasteiger partial charge in [-0.05, 0) is 41.5 Å². The summed E-state index contributed by atoms with van der Waals surface area (Å²) in [6.07, 6.45) is 0. The van der Waals surface area contributed by atoms with E-state index in [9.17, 15) is 0 Å². The zero-order chi connectivity index (χ0) is 29.0. The smallest absolute Gasteiger partial charge is 0.235 e. The minimum absolute atomic E-state index is 0.619. The Balaban J connectivity index is 1.47. The highest BCUT2D eigenvalue weighted by atomic mass is 16.3. The number of rotatable bonds is 4. The van der Waals surface area contributed by atoms with Crippen LogP contribution in [-0.4, -0.2) is 14.5 Å². The monoisotopic (exact) mass is 563 g/mol. The third kappa shape index (κ3) is 3.78. The van der Waals surface area contributed by atoms with Gasteiger partial charge in [0.05, 0.1) is 27.8 Å². The molecule has 9 rings (SSSR count). The van der Waals surface area contributed by atoms with E-state index >= 15 is 0 Å². The van der Waals surface area contributed by atoms with Crippen molar-refractivity contribution in [1.82, 2.24) is 14.5 Å². The van der Waals surface area contributed by atoms with E-state index in [0.717, 1.165) is 66.3 Å². The number of hydrogen-bond acceptors (Lipinski definition) is 3. The molecule has 0 amide bonds. The van der Waals surface area contributed by atoms with Crippen LogP contribution < -0.4 is 0 Å². The molecule has 0 saturated carbocycles. The molecule has 0 N–H and O–H groups in total. The molecule has 4 nitrogen and oxygen atoms in total. The maximum atomic E-state index is 6.39. The van der Waals surface area contributed by atoms with Crippen molar-refractivity contribution in [2.24, 2.45) is 0 Å². The molecule has 0 aliphatic rings. The fraction of sp³-hybridized carbons (Fsp3) is 0. The van der Waals surface area contributed by atoms with E-state index in [1.807, 2.05) is 48.5 Å². The van der Waals surface area contributed by atoms with E-state index in [4.69, 9.17) is 14.4 Å². The first-order chi connectivity index (χ1) is 21.8. The van der Waals surface area contributed by atoms with E-state index < -0.39 is 0 Å². The predicted octanol–water partition coefficient (Wildman–Crippen LogP) is 10.5. The lowest BCUT2D eigenvalue weighted by atomic mass is 9.99. The molecule has 206 valence electrons. The van der Waals surface area contributed by atoms with Gasteiger partial charge in [0.25, 0.3) is 0 Å². The Labute approximate surface area is 253 Å². The summed E-state index contributed by atoms with van der Waals surface area (Å²) in [5, 5.41) is 4.42. The minimum atomic E-state index is 0.619. The number of para-hydroxylation sites is 1. The summed E-state index contributed by atoms with van der Waals surface area (Å²) in [6, 6.07) is 52.4. The van der Waals surface area contributed by atoms with Crippen molar-refractivity contribution in [2.75, 3.05) is 0 Å². The van der Waals surface area contributed by atoms with Crippen LogP contribution in [0.5, 0.6) is 0 Å². The van der Waals surface area contributed by atoms with Crippen LogP contribution in [0.4, 0.5) is 0 Å². The van der Waals surface area contributed by atoms with E-state index in [-0.39, 0.29) is 0 Å². The zero-order valence-electron chi connectivity index (χ0n) is 23.7. The van der Waals surface area contributed by atoms with Gasteiger partial charge in [0.15, 0.2) is 0 Å². The van der Waals surface area contributed by atoms with Crippen LogP contribution in [0.3, 0.4) is 0 Å². The molecule has 0 unspecified atom stereocenters. The molecule has 9 aromatic rings. The van der Waals surface area contributed by atoms with Crippen LogP contribution in [0.2, 0.25) is 0 Å². The van der Waals surface area contributed by atoms with Crippen molar-refractivity contribution in [2.45, 2.75) is 0 Å². The third-order valence-electron chi connectivity index (χ3n) is 8.43. The maximum Gasteiger partial charge on any atom is 0.235 e. The number of fused-ring (bicyclic) bond motifs is 7. The van der Waals surface area contributed by atoms with Gasteiger partial charge in [-0.3, -0.25) is 4.57 Å². The van der Waals surface area contributed by atoms with Gasteiger partial charge in [-0.15, -0.1) is 0 Å². The van der Waals surface area contributed by atoms with Gasteiger partial charge in [0.1, 0.15) is 11.2 Å². The number of benzene rings is 6. The minimum Gasteiger partial charge on any atom is -0.456 e. The van der Waals surface area contributed by atoms with Gasteiger partial charge in [-0.25, -0.2) is 9.97 Å². The Morgan fingerprint density at radius 2 is 1.07 bits per heavy atom. The van der Waals surface area contributed by atoms with Gasteiger partial charge in [0, 0.05) is 27.3 Å². The van der Waals surface area contributed by atoms with Gasteiger partial charge in [-0.1, -0.05) is 121 Å².